The molecular formula is C23H28N2O4S. The highest BCUT2D eigenvalue weighted by Gasteiger charge is 2.32. The zero-order valence-corrected chi connectivity index (χ0v) is 18.3. The van der Waals surface area contributed by atoms with E-state index in [4.69, 9.17) is 4.74 Å². The molecule has 160 valence electrons. The van der Waals surface area contributed by atoms with E-state index in [0.29, 0.717) is 37.0 Å². The molecule has 30 heavy (non-hydrogen) atoms. The first kappa shape index (κ1) is 20.9. The lowest BCUT2D eigenvalue weighted by Gasteiger charge is -2.34. The number of rotatable bonds is 4. The number of carbonyl (C=O) groups excluding carboxylic acids is 1. The zero-order valence-electron chi connectivity index (χ0n) is 17.5. The molecule has 0 aliphatic carbocycles. The van der Waals surface area contributed by atoms with Gasteiger partial charge in [0.1, 0.15) is 11.9 Å². The van der Waals surface area contributed by atoms with Crippen LogP contribution in [0.5, 0.6) is 5.75 Å². The quantitative estimate of drug-likeness (QED) is 0.748. The van der Waals surface area contributed by atoms with E-state index in [1.54, 1.807) is 27.4 Å². The van der Waals surface area contributed by atoms with Crippen molar-refractivity contribution in [3.63, 3.8) is 0 Å². The number of carbonyl (C=O) groups is 1. The Bertz CT molecular complexity index is 1010. The molecule has 0 bridgehead atoms. The minimum Gasteiger partial charge on any atom is -0.487 e. The lowest BCUT2D eigenvalue weighted by atomic mass is 9.91. The van der Waals surface area contributed by atoms with E-state index in [1.807, 2.05) is 25.1 Å². The number of ether oxygens (including phenoxy) is 1. The number of sulfonamides is 1. The van der Waals surface area contributed by atoms with Crippen LogP contribution in [0, 0.1) is 5.92 Å². The fourth-order valence-corrected chi connectivity index (χ4v) is 5.82. The molecule has 2 heterocycles. The van der Waals surface area contributed by atoms with Gasteiger partial charge in [-0.2, -0.15) is 4.31 Å². The molecular weight excluding hydrogens is 400 g/mol. The first-order valence-corrected chi connectivity index (χ1v) is 11.9. The van der Waals surface area contributed by atoms with Crippen molar-refractivity contribution in [1.82, 2.24) is 4.31 Å². The third-order valence-electron chi connectivity index (χ3n) is 5.95. The summed E-state index contributed by atoms with van der Waals surface area (Å²) in [6.45, 7) is 4.82. The maximum atomic E-state index is 13.3. The summed E-state index contributed by atoms with van der Waals surface area (Å²) in [4.78, 5) is 13.9. The summed E-state index contributed by atoms with van der Waals surface area (Å²) in [7, 11) is -3.61. The minimum absolute atomic E-state index is 0.123. The highest BCUT2D eigenvalue weighted by Crippen LogP contribution is 2.36. The van der Waals surface area contributed by atoms with Crippen LogP contribution >= 0.6 is 0 Å². The monoisotopic (exact) mass is 428 g/mol. The Labute approximate surface area is 178 Å². The predicted molar refractivity (Wildman–Crippen MR) is 116 cm³/mol. The average Bonchev–Trinajstić information content (AvgIpc) is 2.74. The molecule has 6 nitrogen and oxygen atoms in total. The van der Waals surface area contributed by atoms with Gasteiger partial charge in [-0.05, 0) is 55.9 Å². The van der Waals surface area contributed by atoms with Crippen LogP contribution in [0.2, 0.25) is 0 Å². The van der Waals surface area contributed by atoms with Gasteiger partial charge in [0.2, 0.25) is 15.9 Å². The molecule has 0 radical (unpaired) electrons. The summed E-state index contributed by atoms with van der Waals surface area (Å²) in [6, 6.07) is 15.2. The van der Waals surface area contributed by atoms with E-state index in [-0.39, 0.29) is 16.9 Å². The Balaban J connectivity index is 1.49. The van der Waals surface area contributed by atoms with Crippen molar-refractivity contribution in [2.24, 2.45) is 5.92 Å². The van der Waals surface area contributed by atoms with Crippen LogP contribution in [-0.4, -0.2) is 44.4 Å². The van der Waals surface area contributed by atoms with Crippen LogP contribution in [0.3, 0.4) is 0 Å². The second kappa shape index (κ2) is 8.40. The third kappa shape index (κ3) is 4.23. The van der Waals surface area contributed by atoms with Gasteiger partial charge in [0.15, 0.2) is 0 Å². The molecule has 7 heteroatoms. The lowest BCUT2D eigenvalue weighted by molar-refractivity contribution is -0.117. The summed E-state index contributed by atoms with van der Waals surface area (Å²) < 4.78 is 33.9. The molecule has 1 saturated heterocycles. The second-order valence-corrected chi connectivity index (χ2v) is 10.2. The highest BCUT2D eigenvalue weighted by atomic mass is 32.2. The van der Waals surface area contributed by atoms with Crippen molar-refractivity contribution < 1.29 is 17.9 Å². The molecule has 1 amide bonds. The van der Waals surface area contributed by atoms with Crippen molar-refractivity contribution in [3.8, 4) is 5.75 Å². The van der Waals surface area contributed by atoms with Crippen molar-refractivity contribution >= 4 is 21.6 Å². The molecule has 0 unspecified atom stereocenters. The number of fused-ring (bicyclic) bond motifs is 1. The van der Waals surface area contributed by atoms with E-state index in [0.717, 1.165) is 19.3 Å². The topological polar surface area (TPSA) is 66.9 Å². The number of anilines is 1. The van der Waals surface area contributed by atoms with E-state index in [1.165, 1.54) is 12.5 Å². The van der Waals surface area contributed by atoms with Gasteiger partial charge >= 0.3 is 0 Å². The van der Waals surface area contributed by atoms with Crippen LogP contribution in [0.25, 0.3) is 0 Å². The van der Waals surface area contributed by atoms with Crippen LogP contribution in [0.4, 0.5) is 5.69 Å². The summed E-state index contributed by atoms with van der Waals surface area (Å²) in [5.41, 5.74) is 1.83. The largest absolute Gasteiger partial charge is 0.487 e. The average molecular weight is 429 g/mol. The van der Waals surface area contributed by atoms with Crippen LogP contribution < -0.4 is 9.64 Å². The summed E-state index contributed by atoms with van der Waals surface area (Å²) in [5, 5.41) is 0. The number of amides is 1. The fraction of sp³-hybridized carbons (Fsp3) is 0.435. The number of piperidine rings is 1. The Hall–Kier alpha value is -2.38. The molecule has 2 aliphatic rings. The minimum atomic E-state index is -3.61. The number of nitrogens with zero attached hydrogens (tertiary/aromatic N) is 2. The van der Waals surface area contributed by atoms with Gasteiger partial charge < -0.3 is 9.64 Å². The standard InChI is InChI=1S/C23H28N2O4S/c1-17-16-25(18(2)26)22-15-21(8-9-23(22)29-17)30(27,28)24-12-10-20(11-13-24)14-19-6-4-3-5-7-19/h3-9,15,17,20H,10-14,16H2,1-2H3/t17-/m1/s1. The molecule has 2 aromatic rings. The predicted octanol–water partition coefficient (Wildman–Crippen LogP) is 3.46. The summed E-state index contributed by atoms with van der Waals surface area (Å²) >= 11 is 0. The van der Waals surface area contributed by atoms with Gasteiger partial charge in [-0.3, -0.25) is 4.79 Å². The lowest BCUT2D eigenvalue weighted by Crippen LogP contribution is -2.42. The van der Waals surface area contributed by atoms with E-state index < -0.39 is 10.0 Å². The van der Waals surface area contributed by atoms with Crippen molar-refractivity contribution in [2.75, 3.05) is 24.5 Å². The Morgan fingerprint density at radius 1 is 1.10 bits per heavy atom. The highest BCUT2D eigenvalue weighted by molar-refractivity contribution is 7.89. The first-order valence-electron chi connectivity index (χ1n) is 10.5. The molecule has 2 aromatic carbocycles. The van der Waals surface area contributed by atoms with E-state index >= 15 is 0 Å². The Kier molecular flexibility index (Phi) is 5.84. The van der Waals surface area contributed by atoms with Crippen molar-refractivity contribution in [2.45, 2.75) is 44.1 Å². The maximum Gasteiger partial charge on any atom is 0.243 e. The van der Waals surface area contributed by atoms with Crippen LogP contribution in [0.1, 0.15) is 32.3 Å². The van der Waals surface area contributed by atoms with Gasteiger partial charge in [-0.15, -0.1) is 0 Å². The van der Waals surface area contributed by atoms with Crippen molar-refractivity contribution in [3.05, 3.63) is 54.1 Å². The van der Waals surface area contributed by atoms with Gasteiger partial charge in [0.25, 0.3) is 0 Å². The first-order chi connectivity index (χ1) is 14.3. The maximum absolute atomic E-state index is 13.3. The number of hydrogen-bond donors (Lipinski definition) is 0. The number of benzene rings is 2. The normalized spacial score (nSPS) is 20.5. The SMILES string of the molecule is CC(=O)N1C[C@@H](C)Oc2ccc(S(=O)(=O)N3CCC(Cc4ccccc4)CC3)cc21. The molecule has 1 fully saturated rings. The fourth-order valence-electron chi connectivity index (χ4n) is 4.33. The molecule has 4 rings (SSSR count). The van der Waals surface area contributed by atoms with Crippen LogP contribution in [-0.2, 0) is 21.2 Å². The van der Waals surface area contributed by atoms with Gasteiger partial charge in [-0.25, -0.2) is 8.42 Å². The molecule has 1 atom stereocenters. The molecule has 0 N–H and O–H groups in total. The molecule has 2 aliphatic heterocycles. The van der Waals surface area contributed by atoms with Crippen molar-refractivity contribution in [1.29, 1.82) is 0 Å². The number of hydrogen-bond acceptors (Lipinski definition) is 4. The van der Waals surface area contributed by atoms with Gasteiger partial charge in [0.05, 0.1) is 17.1 Å². The smallest absolute Gasteiger partial charge is 0.243 e. The third-order valence-corrected chi connectivity index (χ3v) is 7.84. The second-order valence-electron chi connectivity index (χ2n) is 8.22. The van der Waals surface area contributed by atoms with E-state index in [9.17, 15) is 13.2 Å². The Morgan fingerprint density at radius 3 is 2.47 bits per heavy atom. The zero-order chi connectivity index (χ0) is 21.3. The van der Waals surface area contributed by atoms with Crippen LogP contribution in [0.15, 0.2) is 53.4 Å². The van der Waals surface area contributed by atoms with E-state index in [2.05, 4.69) is 12.1 Å². The van der Waals surface area contributed by atoms with Gasteiger partial charge in [0, 0.05) is 20.0 Å². The van der Waals surface area contributed by atoms with Gasteiger partial charge in [-0.1, -0.05) is 30.3 Å². The Morgan fingerprint density at radius 2 is 1.80 bits per heavy atom. The molecule has 0 spiro atoms. The molecule has 0 aromatic heterocycles. The summed E-state index contributed by atoms with van der Waals surface area (Å²) in [5.74, 6) is 0.914. The summed E-state index contributed by atoms with van der Waals surface area (Å²) in [6.07, 6.45) is 2.54. The molecule has 0 saturated carbocycles.